The third kappa shape index (κ3) is 1.99. The van der Waals surface area contributed by atoms with E-state index < -0.39 is 16.7 Å². The van der Waals surface area contributed by atoms with Crippen molar-refractivity contribution in [1.29, 1.82) is 0 Å². The summed E-state index contributed by atoms with van der Waals surface area (Å²) in [6.07, 6.45) is 0. The Kier molecular flexibility index (Phi) is 2.83. The monoisotopic (exact) mass is 284 g/mol. The minimum absolute atomic E-state index is 0.316. The topological polar surface area (TPSA) is 83.5 Å². The molecular formula is C15H16N4O2. The van der Waals surface area contributed by atoms with Crippen LogP contribution >= 0.6 is 0 Å². The number of nitrogens with zero attached hydrogens (tertiary/aromatic N) is 2. The highest BCUT2D eigenvalue weighted by molar-refractivity contribution is 5.70. The lowest BCUT2D eigenvalue weighted by atomic mass is 9.84. The van der Waals surface area contributed by atoms with E-state index in [0.717, 1.165) is 5.56 Å². The van der Waals surface area contributed by atoms with E-state index in [0.29, 0.717) is 17.0 Å². The summed E-state index contributed by atoms with van der Waals surface area (Å²) in [6, 6.07) is 9.89. The number of hydrogen-bond acceptors (Lipinski definition) is 3. The minimum atomic E-state index is -0.469. The second-order valence-corrected chi connectivity index (χ2v) is 5.59. The molecule has 0 atom stereocenters. The zero-order chi connectivity index (χ0) is 15.2. The Bertz CT molecular complexity index is 916. The number of hydrogen-bond donors (Lipinski definition) is 2. The predicted molar refractivity (Wildman–Crippen MR) is 80.5 cm³/mol. The Morgan fingerprint density at radius 1 is 1.10 bits per heavy atom. The number of rotatable bonds is 2. The fourth-order valence-electron chi connectivity index (χ4n) is 2.39. The Balaban J connectivity index is 2.27. The van der Waals surface area contributed by atoms with E-state index in [9.17, 15) is 9.59 Å². The first-order valence-corrected chi connectivity index (χ1v) is 6.66. The van der Waals surface area contributed by atoms with Crippen molar-refractivity contribution in [3.05, 3.63) is 62.6 Å². The average molecular weight is 284 g/mol. The molecule has 3 aromatic rings. The molecule has 0 radical (unpaired) electrons. The Hall–Kier alpha value is -2.63. The molecule has 3 rings (SSSR count). The lowest BCUT2D eigenvalue weighted by Crippen LogP contribution is -2.28. The van der Waals surface area contributed by atoms with Crippen LogP contribution in [-0.2, 0) is 12.5 Å². The fraction of sp³-hybridized carbons (Fsp3) is 0.267. The molecule has 0 fully saturated rings. The highest BCUT2D eigenvalue weighted by Gasteiger charge is 2.27. The summed E-state index contributed by atoms with van der Waals surface area (Å²) in [6.45, 7) is 4.04. The molecule has 0 saturated carbocycles. The normalized spacial score (nSPS) is 12.0. The van der Waals surface area contributed by atoms with Gasteiger partial charge in [-0.3, -0.25) is 14.3 Å². The van der Waals surface area contributed by atoms with Crippen LogP contribution in [0.15, 0.2) is 39.9 Å². The van der Waals surface area contributed by atoms with Crippen LogP contribution in [0, 0.1) is 0 Å². The molecule has 2 heterocycles. The highest BCUT2D eigenvalue weighted by atomic mass is 16.2. The van der Waals surface area contributed by atoms with Crippen molar-refractivity contribution in [2.75, 3.05) is 0 Å². The molecule has 6 nitrogen and oxygen atoms in total. The highest BCUT2D eigenvalue weighted by Crippen LogP contribution is 2.29. The molecule has 0 saturated heterocycles. The van der Waals surface area contributed by atoms with Gasteiger partial charge >= 0.3 is 5.69 Å². The van der Waals surface area contributed by atoms with Gasteiger partial charge in [0.15, 0.2) is 5.65 Å². The number of aromatic amines is 2. The molecule has 6 heteroatoms. The minimum Gasteiger partial charge on any atom is -0.335 e. The zero-order valence-corrected chi connectivity index (χ0v) is 12.1. The molecule has 0 aliphatic heterocycles. The quantitative estimate of drug-likeness (QED) is 0.743. The third-order valence-corrected chi connectivity index (χ3v) is 3.84. The van der Waals surface area contributed by atoms with Gasteiger partial charge in [0.25, 0.3) is 5.56 Å². The van der Waals surface area contributed by atoms with Crippen LogP contribution in [-0.4, -0.2) is 19.5 Å². The van der Waals surface area contributed by atoms with Crippen LogP contribution in [0.3, 0.4) is 0 Å². The summed E-state index contributed by atoms with van der Waals surface area (Å²) >= 11 is 0. The molecule has 1 aromatic carbocycles. The van der Waals surface area contributed by atoms with E-state index in [4.69, 9.17) is 0 Å². The fourth-order valence-corrected chi connectivity index (χ4v) is 2.39. The number of nitrogens with one attached hydrogen (secondary N) is 2. The Morgan fingerprint density at radius 2 is 1.76 bits per heavy atom. The summed E-state index contributed by atoms with van der Waals surface area (Å²) in [4.78, 5) is 33.3. The van der Waals surface area contributed by atoms with Crippen molar-refractivity contribution in [2.24, 2.45) is 7.05 Å². The van der Waals surface area contributed by atoms with Crippen molar-refractivity contribution in [3.63, 3.8) is 0 Å². The lowest BCUT2D eigenvalue weighted by Gasteiger charge is -2.22. The van der Waals surface area contributed by atoms with Gasteiger partial charge in [-0.05, 0) is 19.4 Å². The van der Waals surface area contributed by atoms with Gasteiger partial charge in [0.05, 0.1) is 0 Å². The van der Waals surface area contributed by atoms with Crippen LogP contribution in [0.4, 0.5) is 0 Å². The number of H-pyrrole nitrogens is 2. The molecule has 2 N–H and O–H groups in total. The maximum absolute atomic E-state index is 11.9. The van der Waals surface area contributed by atoms with Crippen LogP contribution in [0.2, 0.25) is 0 Å². The average Bonchev–Trinajstić information content (AvgIpc) is 2.92. The van der Waals surface area contributed by atoms with E-state index in [1.165, 1.54) is 4.57 Å². The van der Waals surface area contributed by atoms with Crippen molar-refractivity contribution in [1.82, 2.24) is 19.5 Å². The Labute approximate surface area is 120 Å². The van der Waals surface area contributed by atoms with E-state index >= 15 is 0 Å². The predicted octanol–water partition coefficient (Wildman–Crippen LogP) is 1.28. The molecule has 0 aliphatic rings. The number of aromatic nitrogens is 4. The molecule has 0 amide bonds. The number of fused-ring (bicyclic) bond motifs is 1. The van der Waals surface area contributed by atoms with Gasteiger partial charge in [-0.1, -0.05) is 30.3 Å². The summed E-state index contributed by atoms with van der Waals surface area (Å²) in [7, 11) is 1.58. The molecule has 108 valence electrons. The second kappa shape index (κ2) is 4.44. The largest absolute Gasteiger partial charge is 0.335 e. The van der Waals surface area contributed by atoms with E-state index in [2.05, 4.69) is 15.0 Å². The lowest BCUT2D eigenvalue weighted by molar-refractivity contribution is 0.600. The van der Waals surface area contributed by atoms with Gasteiger partial charge in [-0.25, -0.2) is 9.78 Å². The molecular weight excluding hydrogens is 268 g/mol. The maximum atomic E-state index is 11.9. The number of aryl methyl sites for hydroxylation is 1. The second-order valence-electron chi connectivity index (χ2n) is 5.59. The van der Waals surface area contributed by atoms with E-state index in [1.807, 2.05) is 44.2 Å². The maximum Gasteiger partial charge on any atom is 0.329 e. The first kappa shape index (κ1) is 13.4. The standard InChI is InChI=1S/C15H16N4O2/c1-15(2,9-7-5-4-6-8-9)13-16-10-11(17-13)19(3)14(21)18-12(10)20/h4-8H,1-3H3,(H,16,17)(H,18,20,21). The first-order valence-electron chi connectivity index (χ1n) is 6.66. The van der Waals surface area contributed by atoms with Gasteiger partial charge in [0, 0.05) is 12.5 Å². The van der Waals surface area contributed by atoms with E-state index in [-0.39, 0.29) is 0 Å². The molecule has 0 unspecified atom stereocenters. The molecule has 2 aromatic heterocycles. The van der Waals surface area contributed by atoms with Crippen LogP contribution in [0.5, 0.6) is 0 Å². The van der Waals surface area contributed by atoms with Crippen LogP contribution < -0.4 is 11.2 Å². The van der Waals surface area contributed by atoms with Crippen molar-refractivity contribution >= 4 is 11.2 Å². The van der Waals surface area contributed by atoms with Gasteiger partial charge in [0.1, 0.15) is 11.3 Å². The SMILES string of the molecule is Cn1c(=O)[nH]c(=O)c2[nH]c(C(C)(C)c3ccccc3)nc21. The molecule has 0 aliphatic carbocycles. The van der Waals surface area contributed by atoms with Crippen molar-refractivity contribution in [3.8, 4) is 0 Å². The van der Waals surface area contributed by atoms with Crippen molar-refractivity contribution < 1.29 is 0 Å². The van der Waals surface area contributed by atoms with Gasteiger partial charge in [-0.2, -0.15) is 0 Å². The van der Waals surface area contributed by atoms with Gasteiger partial charge in [0.2, 0.25) is 0 Å². The van der Waals surface area contributed by atoms with Crippen LogP contribution in [0.1, 0.15) is 25.2 Å². The van der Waals surface area contributed by atoms with Gasteiger partial charge in [-0.15, -0.1) is 0 Å². The first-order chi connectivity index (χ1) is 9.91. The van der Waals surface area contributed by atoms with Gasteiger partial charge < -0.3 is 4.98 Å². The third-order valence-electron chi connectivity index (χ3n) is 3.84. The number of imidazole rings is 1. The molecule has 0 spiro atoms. The Morgan fingerprint density at radius 3 is 2.43 bits per heavy atom. The summed E-state index contributed by atoms with van der Waals surface area (Å²) in [5.41, 5.74) is 0.436. The van der Waals surface area contributed by atoms with Crippen molar-refractivity contribution in [2.45, 2.75) is 19.3 Å². The van der Waals surface area contributed by atoms with E-state index in [1.54, 1.807) is 7.05 Å². The number of benzene rings is 1. The van der Waals surface area contributed by atoms with Crippen LogP contribution in [0.25, 0.3) is 11.2 Å². The summed E-state index contributed by atoms with van der Waals surface area (Å²) < 4.78 is 1.33. The molecule has 0 bridgehead atoms. The smallest absolute Gasteiger partial charge is 0.329 e. The summed E-state index contributed by atoms with van der Waals surface area (Å²) in [5, 5.41) is 0. The molecule has 21 heavy (non-hydrogen) atoms. The summed E-state index contributed by atoms with van der Waals surface area (Å²) in [5.74, 6) is 0.649. The zero-order valence-electron chi connectivity index (χ0n) is 12.1.